The summed E-state index contributed by atoms with van der Waals surface area (Å²) >= 11 is 0. The van der Waals surface area contributed by atoms with Crippen LogP contribution in [-0.4, -0.2) is 36.0 Å². The molecule has 0 unspecified atom stereocenters. The van der Waals surface area contributed by atoms with Crippen molar-refractivity contribution < 1.29 is 14.3 Å². The topological polar surface area (TPSA) is 46.6 Å². The van der Waals surface area contributed by atoms with Crippen molar-refractivity contribution in [3.05, 3.63) is 11.6 Å². The minimum absolute atomic E-state index is 0.148. The van der Waals surface area contributed by atoms with Crippen molar-refractivity contribution in [1.82, 2.24) is 4.90 Å². The lowest BCUT2D eigenvalue weighted by Gasteiger charge is -2.24. The van der Waals surface area contributed by atoms with E-state index in [0.29, 0.717) is 19.4 Å². The normalized spacial score (nSPS) is 24.1. The first-order valence-corrected chi connectivity index (χ1v) is 6.36. The van der Waals surface area contributed by atoms with Crippen LogP contribution < -0.4 is 0 Å². The first-order valence-electron chi connectivity index (χ1n) is 6.36. The van der Waals surface area contributed by atoms with E-state index in [1.165, 1.54) is 0 Å². The van der Waals surface area contributed by atoms with E-state index in [-0.39, 0.29) is 17.9 Å². The molecule has 0 aromatic heterocycles. The van der Waals surface area contributed by atoms with Crippen molar-refractivity contribution in [2.75, 3.05) is 13.2 Å². The summed E-state index contributed by atoms with van der Waals surface area (Å²) in [7, 11) is 0. The van der Waals surface area contributed by atoms with Crippen molar-refractivity contribution in [3.8, 4) is 0 Å². The zero-order valence-corrected chi connectivity index (χ0v) is 10.3. The molecule has 0 radical (unpaired) electrons. The number of hydrogen-bond acceptors (Lipinski definition) is 3. The van der Waals surface area contributed by atoms with E-state index in [9.17, 15) is 9.59 Å². The zero-order valence-electron chi connectivity index (χ0n) is 10.3. The maximum atomic E-state index is 11.7. The lowest BCUT2D eigenvalue weighted by Crippen LogP contribution is -2.34. The Balaban J connectivity index is 2.06. The zero-order chi connectivity index (χ0) is 12.3. The Morgan fingerprint density at radius 2 is 2.41 bits per heavy atom. The number of nitrogens with zero attached hydrogens (tertiary/aromatic N) is 1. The number of carbonyl (C=O) groups is 2. The van der Waals surface area contributed by atoms with Gasteiger partial charge in [-0.15, -0.1) is 0 Å². The standard InChI is InChI=1S/C13H19NO3/c1-2-17-13(16)9-10-5-3-4-8-14-11(10)6-7-12(14)15/h5,11H,2-4,6-9H2,1H3/t11-/m0/s1. The summed E-state index contributed by atoms with van der Waals surface area (Å²) in [5.41, 5.74) is 1.08. The predicted octanol–water partition coefficient (Wildman–Crippen LogP) is 1.65. The van der Waals surface area contributed by atoms with Crippen LogP contribution in [0.4, 0.5) is 0 Å². The molecule has 1 saturated heterocycles. The second kappa shape index (κ2) is 5.34. The summed E-state index contributed by atoms with van der Waals surface area (Å²) in [6, 6.07) is 0.148. The van der Waals surface area contributed by atoms with E-state index >= 15 is 0 Å². The molecule has 17 heavy (non-hydrogen) atoms. The molecular formula is C13H19NO3. The molecule has 0 N–H and O–H groups in total. The number of allylic oxidation sites excluding steroid dienone is 1. The molecule has 0 aromatic carbocycles. The van der Waals surface area contributed by atoms with E-state index in [1.54, 1.807) is 0 Å². The van der Waals surface area contributed by atoms with Crippen molar-refractivity contribution >= 4 is 11.9 Å². The van der Waals surface area contributed by atoms with E-state index < -0.39 is 0 Å². The summed E-state index contributed by atoms with van der Waals surface area (Å²) < 4.78 is 4.98. The SMILES string of the molecule is CCOC(=O)CC1=CCCCN2C(=O)CC[C@@H]12. The molecule has 1 fully saturated rings. The number of amides is 1. The van der Waals surface area contributed by atoms with Gasteiger partial charge in [0.15, 0.2) is 0 Å². The van der Waals surface area contributed by atoms with E-state index in [2.05, 4.69) is 6.08 Å². The third kappa shape index (κ3) is 2.68. The molecule has 2 aliphatic rings. The number of hydrogen-bond donors (Lipinski definition) is 0. The second-order valence-corrected chi connectivity index (χ2v) is 4.54. The quantitative estimate of drug-likeness (QED) is 0.554. The average molecular weight is 237 g/mol. The average Bonchev–Trinajstić information content (AvgIpc) is 2.54. The van der Waals surface area contributed by atoms with Crippen LogP contribution in [0.1, 0.15) is 39.0 Å². The molecule has 2 heterocycles. The van der Waals surface area contributed by atoms with Crippen molar-refractivity contribution in [3.63, 3.8) is 0 Å². The van der Waals surface area contributed by atoms with Crippen LogP contribution in [0.3, 0.4) is 0 Å². The van der Waals surface area contributed by atoms with Crippen LogP contribution in [0, 0.1) is 0 Å². The van der Waals surface area contributed by atoms with Gasteiger partial charge >= 0.3 is 5.97 Å². The Morgan fingerprint density at radius 3 is 3.18 bits per heavy atom. The predicted molar refractivity (Wildman–Crippen MR) is 63.3 cm³/mol. The Morgan fingerprint density at radius 1 is 1.59 bits per heavy atom. The highest BCUT2D eigenvalue weighted by Crippen LogP contribution is 2.30. The van der Waals surface area contributed by atoms with Gasteiger partial charge in [-0.25, -0.2) is 0 Å². The molecule has 0 spiro atoms. The van der Waals surface area contributed by atoms with Crippen LogP contribution in [0.25, 0.3) is 0 Å². The van der Waals surface area contributed by atoms with Gasteiger partial charge < -0.3 is 9.64 Å². The maximum Gasteiger partial charge on any atom is 0.309 e. The molecular weight excluding hydrogens is 218 g/mol. The molecule has 2 rings (SSSR count). The first kappa shape index (κ1) is 12.1. The smallest absolute Gasteiger partial charge is 0.309 e. The van der Waals surface area contributed by atoms with Gasteiger partial charge in [-0.2, -0.15) is 0 Å². The van der Waals surface area contributed by atoms with Crippen LogP contribution in [0.2, 0.25) is 0 Å². The molecule has 4 nitrogen and oxygen atoms in total. The van der Waals surface area contributed by atoms with Gasteiger partial charge in [-0.1, -0.05) is 6.08 Å². The fraction of sp³-hybridized carbons (Fsp3) is 0.692. The van der Waals surface area contributed by atoms with Crippen molar-refractivity contribution in [2.45, 2.75) is 45.1 Å². The lowest BCUT2D eigenvalue weighted by atomic mass is 10.0. The first-order chi connectivity index (χ1) is 8.22. The van der Waals surface area contributed by atoms with Crippen LogP contribution in [-0.2, 0) is 14.3 Å². The third-order valence-electron chi connectivity index (χ3n) is 3.42. The van der Waals surface area contributed by atoms with Gasteiger partial charge in [0.05, 0.1) is 19.1 Å². The fourth-order valence-electron chi connectivity index (χ4n) is 2.65. The second-order valence-electron chi connectivity index (χ2n) is 4.54. The van der Waals surface area contributed by atoms with E-state index in [1.807, 2.05) is 11.8 Å². The molecule has 1 atom stereocenters. The van der Waals surface area contributed by atoms with Gasteiger partial charge in [0.2, 0.25) is 5.91 Å². The van der Waals surface area contributed by atoms with Gasteiger partial charge in [0.1, 0.15) is 0 Å². The molecule has 0 saturated carbocycles. The summed E-state index contributed by atoms with van der Waals surface area (Å²) in [5.74, 6) is 0.0478. The minimum atomic E-state index is -0.181. The van der Waals surface area contributed by atoms with Gasteiger partial charge in [-0.3, -0.25) is 9.59 Å². The highest BCUT2D eigenvalue weighted by atomic mass is 16.5. The number of carbonyl (C=O) groups excluding carboxylic acids is 2. The summed E-state index contributed by atoms with van der Waals surface area (Å²) in [6.45, 7) is 3.05. The van der Waals surface area contributed by atoms with Gasteiger partial charge in [-0.05, 0) is 31.8 Å². The highest BCUT2D eigenvalue weighted by molar-refractivity contribution is 5.80. The van der Waals surface area contributed by atoms with Crippen LogP contribution >= 0.6 is 0 Å². The lowest BCUT2D eigenvalue weighted by molar-refractivity contribution is -0.142. The minimum Gasteiger partial charge on any atom is -0.466 e. The Hall–Kier alpha value is -1.32. The van der Waals surface area contributed by atoms with Crippen LogP contribution in [0.5, 0.6) is 0 Å². The number of fused-ring (bicyclic) bond motifs is 1. The van der Waals surface area contributed by atoms with Crippen LogP contribution in [0.15, 0.2) is 11.6 Å². The summed E-state index contributed by atoms with van der Waals surface area (Å²) in [4.78, 5) is 25.2. The molecule has 1 amide bonds. The maximum absolute atomic E-state index is 11.7. The largest absolute Gasteiger partial charge is 0.466 e. The summed E-state index contributed by atoms with van der Waals surface area (Å²) in [6.07, 6.45) is 5.88. The molecule has 0 aliphatic carbocycles. The molecule has 94 valence electrons. The Labute approximate surface area is 102 Å². The Bertz CT molecular complexity index is 349. The number of ether oxygens (including phenoxy) is 1. The molecule has 2 aliphatic heterocycles. The fourth-order valence-corrected chi connectivity index (χ4v) is 2.65. The monoisotopic (exact) mass is 237 g/mol. The van der Waals surface area contributed by atoms with Gasteiger partial charge in [0.25, 0.3) is 0 Å². The highest BCUT2D eigenvalue weighted by Gasteiger charge is 2.34. The number of esters is 1. The molecule has 0 aromatic rings. The molecule has 0 bridgehead atoms. The molecule has 4 heteroatoms. The summed E-state index contributed by atoms with van der Waals surface area (Å²) in [5, 5.41) is 0. The van der Waals surface area contributed by atoms with E-state index in [4.69, 9.17) is 4.74 Å². The van der Waals surface area contributed by atoms with Gasteiger partial charge in [0, 0.05) is 13.0 Å². The Kier molecular flexibility index (Phi) is 3.82. The van der Waals surface area contributed by atoms with Crippen molar-refractivity contribution in [2.24, 2.45) is 0 Å². The van der Waals surface area contributed by atoms with E-state index in [0.717, 1.165) is 31.4 Å². The van der Waals surface area contributed by atoms with Crippen molar-refractivity contribution in [1.29, 1.82) is 0 Å². The third-order valence-corrected chi connectivity index (χ3v) is 3.42. The number of rotatable bonds is 3.